The third kappa shape index (κ3) is 4.44. The quantitative estimate of drug-likeness (QED) is 0.890. The predicted octanol–water partition coefficient (Wildman–Crippen LogP) is 2.53. The maximum atomic E-state index is 11.9. The van der Waals surface area contributed by atoms with E-state index < -0.39 is 0 Å². The summed E-state index contributed by atoms with van der Waals surface area (Å²) >= 11 is 1.37. The second-order valence-corrected chi connectivity index (χ2v) is 5.19. The molecule has 0 radical (unpaired) electrons. The van der Waals surface area contributed by atoms with Crippen LogP contribution in [0.25, 0.3) is 0 Å². The minimum Gasteiger partial charge on any atom is -0.351 e. The molecular weight excluding hydrogens is 286 g/mol. The number of nitriles is 1. The van der Waals surface area contributed by atoms with E-state index in [1.165, 1.54) is 11.3 Å². The van der Waals surface area contributed by atoms with Gasteiger partial charge in [-0.2, -0.15) is 5.26 Å². The van der Waals surface area contributed by atoms with Crippen LogP contribution in [0.5, 0.6) is 0 Å². The van der Waals surface area contributed by atoms with Gasteiger partial charge in [-0.05, 0) is 29.1 Å². The molecule has 1 aromatic heterocycles. The first-order valence-corrected chi connectivity index (χ1v) is 7.14. The molecule has 5 nitrogen and oxygen atoms in total. The Hall–Kier alpha value is -2.65. The first kappa shape index (κ1) is 14.8. The molecule has 0 aliphatic rings. The van der Waals surface area contributed by atoms with Crippen molar-refractivity contribution in [2.24, 2.45) is 0 Å². The molecular formula is C15H13N3O2S. The SMILES string of the molecule is N#CCC(=O)NCc1cccc(NC(=O)c2cccs2)c1. The van der Waals surface area contributed by atoms with Gasteiger partial charge in [-0.3, -0.25) is 9.59 Å². The molecule has 1 aromatic carbocycles. The van der Waals surface area contributed by atoms with E-state index in [0.717, 1.165) is 5.56 Å². The molecule has 1 heterocycles. The van der Waals surface area contributed by atoms with Crippen LogP contribution in [0.15, 0.2) is 41.8 Å². The van der Waals surface area contributed by atoms with Gasteiger partial charge in [-0.15, -0.1) is 11.3 Å². The van der Waals surface area contributed by atoms with Crippen molar-refractivity contribution in [3.63, 3.8) is 0 Å². The van der Waals surface area contributed by atoms with Crippen molar-refractivity contribution in [2.45, 2.75) is 13.0 Å². The number of nitrogens with one attached hydrogen (secondary N) is 2. The summed E-state index contributed by atoms with van der Waals surface area (Å²) in [6.45, 7) is 0.323. The van der Waals surface area contributed by atoms with Crippen molar-refractivity contribution in [1.29, 1.82) is 5.26 Å². The van der Waals surface area contributed by atoms with Crippen LogP contribution in [0, 0.1) is 11.3 Å². The molecule has 0 unspecified atom stereocenters. The lowest BCUT2D eigenvalue weighted by atomic mass is 10.2. The van der Waals surface area contributed by atoms with E-state index in [9.17, 15) is 9.59 Å². The number of nitrogens with zero attached hydrogens (tertiary/aromatic N) is 1. The zero-order chi connectivity index (χ0) is 15.1. The van der Waals surface area contributed by atoms with Crippen LogP contribution in [-0.2, 0) is 11.3 Å². The molecule has 0 aliphatic heterocycles. The van der Waals surface area contributed by atoms with E-state index in [-0.39, 0.29) is 18.2 Å². The molecule has 106 valence electrons. The molecule has 0 atom stereocenters. The molecule has 21 heavy (non-hydrogen) atoms. The zero-order valence-electron chi connectivity index (χ0n) is 11.1. The highest BCUT2D eigenvalue weighted by Crippen LogP contribution is 2.14. The Kier molecular flexibility index (Phi) is 5.07. The minimum atomic E-state index is -0.314. The molecule has 0 bridgehead atoms. The second kappa shape index (κ2) is 7.22. The van der Waals surface area contributed by atoms with Gasteiger partial charge in [0.25, 0.3) is 5.91 Å². The van der Waals surface area contributed by atoms with Crippen LogP contribution in [0.4, 0.5) is 5.69 Å². The summed E-state index contributed by atoms with van der Waals surface area (Å²) in [4.78, 5) is 23.8. The summed E-state index contributed by atoms with van der Waals surface area (Å²) < 4.78 is 0. The fourth-order valence-corrected chi connectivity index (χ4v) is 2.31. The molecule has 0 saturated heterocycles. The number of hydrogen-bond acceptors (Lipinski definition) is 4. The van der Waals surface area contributed by atoms with Crippen LogP contribution >= 0.6 is 11.3 Å². The van der Waals surface area contributed by atoms with Gasteiger partial charge in [0.2, 0.25) is 5.91 Å². The average molecular weight is 299 g/mol. The summed E-state index contributed by atoms with van der Waals surface area (Å²) in [5, 5.41) is 15.7. The highest BCUT2D eigenvalue weighted by Gasteiger charge is 2.07. The summed E-state index contributed by atoms with van der Waals surface area (Å²) in [6.07, 6.45) is -0.158. The van der Waals surface area contributed by atoms with E-state index >= 15 is 0 Å². The highest BCUT2D eigenvalue weighted by molar-refractivity contribution is 7.12. The average Bonchev–Trinajstić information content (AvgIpc) is 3.00. The van der Waals surface area contributed by atoms with Crippen molar-refractivity contribution >= 4 is 28.8 Å². The monoisotopic (exact) mass is 299 g/mol. The van der Waals surface area contributed by atoms with Crippen molar-refractivity contribution in [2.75, 3.05) is 5.32 Å². The Balaban J connectivity index is 1.96. The first-order chi connectivity index (χ1) is 10.2. The topological polar surface area (TPSA) is 82.0 Å². The molecule has 2 N–H and O–H groups in total. The first-order valence-electron chi connectivity index (χ1n) is 6.26. The number of amides is 2. The van der Waals surface area contributed by atoms with Crippen molar-refractivity contribution in [1.82, 2.24) is 5.32 Å². The number of carbonyl (C=O) groups excluding carboxylic acids is 2. The predicted molar refractivity (Wildman–Crippen MR) is 80.8 cm³/mol. The van der Waals surface area contributed by atoms with Gasteiger partial charge in [0, 0.05) is 12.2 Å². The lowest BCUT2D eigenvalue weighted by Gasteiger charge is -2.07. The molecule has 2 rings (SSSR count). The van der Waals surface area contributed by atoms with Crippen LogP contribution < -0.4 is 10.6 Å². The van der Waals surface area contributed by atoms with Crippen LogP contribution in [0.1, 0.15) is 21.7 Å². The minimum absolute atomic E-state index is 0.157. The van der Waals surface area contributed by atoms with Crippen LogP contribution in [-0.4, -0.2) is 11.8 Å². The smallest absolute Gasteiger partial charge is 0.265 e. The highest BCUT2D eigenvalue weighted by atomic mass is 32.1. The van der Waals surface area contributed by atoms with Gasteiger partial charge < -0.3 is 10.6 Å². The second-order valence-electron chi connectivity index (χ2n) is 4.24. The fraction of sp³-hybridized carbons (Fsp3) is 0.133. The Bertz CT molecular complexity index is 674. The van der Waals surface area contributed by atoms with E-state index in [4.69, 9.17) is 5.26 Å². The third-order valence-corrected chi connectivity index (χ3v) is 3.53. The van der Waals surface area contributed by atoms with Gasteiger partial charge in [0.15, 0.2) is 0 Å². The molecule has 6 heteroatoms. The molecule has 0 aliphatic carbocycles. The van der Waals surface area contributed by atoms with Crippen LogP contribution in [0.3, 0.4) is 0 Å². The van der Waals surface area contributed by atoms with E-state index in [0.29, 0.717) is 17.1 Å². The number of benzene rings is 1. The van der Waals surface area contributed by atoms with Gasteiger partial charge in [0.05, 0.1) is 10.9 Å². The maximum absolute atomic E-state index is 11.9. The van der Waals surface area contributed by atoms with Gasteiger partial charge in [-0.25, -0.2) is 0 Å². The number of hydrogen-bond donors (Lipinski definition) is 2. The van der Waals surface area contributed by atoms with Crippen LogP contribution in [0.2, 0.25) is 0 Å². The molecule has 0 saturated carbocycles. The molecule has 2 aromatic rings. The number of carbonyl (C=O) groups is 2. The maximum Gasteiger partial charge on any atom is 0.265 e. The largest absolute Gasteiger partial charge is 0.351 e. The lowest BCUT2D eigenvalue weighted by molar-refractivity contribution is -0.120. The summed E-state index contributed by atoms with van der Waals surface area (Å²) in [5.41, 5.74) is 1.52. The Labute approximate surface area is 126 Å². The van der Waals surface area contributed by atoms with E-state index in [1.54, 1.807) is 30.3 Å². The standard InChI is InChI=1S/C15H13N3O2S/c16-7-6-14(19)17-10-11-3-1-4-12(9-11)18-15(20)13-5-2-8-21-13/h1-5,8-9H,6,10H2,(H,17,19)(H,18,20). The Morgan fingerprint density at radius 2 is 2.10 bits per heavy atom. The summed E-state index contributed by atoms with van der Waals surface area (Å²) in [7, 11) is 0. The summed E-state index contributed by atoms with van der Waals surface area (Å²) in [6, 6.07) is 12.6. The fourth-order valence-electron chi connectivity index (χ4n) is 1.69. The number of anilines is 1. The van der Waals surface area contributed by atoms with E-state index in [1.807, 2.05) is 17.5 Å². The zero-order valence-corrected chi connectivity index (χ0v) is 11.9. The van der Waals surface area contributed by atoms with Gasteiger partial charge in [-0.1, -0.05) is 18.2 Å². The van der Waals surface area contributed by atoms with E-state index in [2.05, 4.69) is 10.6 Å². The normalized spacial score (nSPS) is 9.67. The Morgan fingerprint density at radius 3 is 2.81 bits per heavy atom. The number of thiophene rings is 1. The lowest BCUT2D eigenvalue weighted by Crippen LogP contribution is -2.21. The van der Waals surface area contributed by atoms with Crippen molar-refractivity contribution in [3.8, 4) is 6.07 Å². The molecule has 2 amide bonds. The van der Waals surface area contributed by atoms with Gasteiger partial charge >= 0.3 is 0 Å². The third-order valence-electron chi connectivity index (χ3n) is 2.66. The van der Waals surface area contributed by atoms with Crippen molar-refractivity contribution < 1.29 is 9.59 Å². The molecule has 0 spiro atoms. The Morgan fingerprint density at radius 1 is 1.24 bits per heavy atom. The van der Waals surface area contributed by atoms with Crippen molar-refractivity contribution in [3.05, 3.63) is 52.2 Å². The molecule has 0 fully saturated rings. The number of rotatable bonds is 5. The summed E-state index contributed by atoms with van der Waals surface area (Å²) in [5.74, 6) is -0.471. The van der Waals surface area contributed by atoms with Gasteiger partial charge in [0.1, 0.15) is 6.42 Å².